The predicted octanol–water partition coefficient (Wildman–Crippen LogP) is 3.73. The molecule has 0 saturated heterocycles. The van der Waals surface area contributed by atoms with Crippen LogP contribution in [0.25, 0.3) is 11.4 Å². The zero-order valence-corrected chi connectivity index (χ0v) is 14.8. The van der Waals surface area contributed by atoms with Crippen LogP contribution in [0.3, 0.4) is 0 Å². The maximum absolute atomic E-state index is 13.9. The Morgan fingerprint density at radius 2 is 1.76 bits per heavy atom. The average molecular weight is 403 g/mol. The maximum atomic E-state index is 13.9. The largest absolute Gasteiger partial charge is 0.475 e. The predicted molar refractivity (Wildman–Crippen MR) is 94.0 cm³/mol. The summed E-state index contributed by atoms with van der Waals surface area (Å²) in [6.45, 7) is 0.107. The van der Waals surface area contributed by atoms with Gasteiger partial charge < -0.3 is 9.64 Å². The van der Waals surface area contributed by atoms with E-state index in [0.29, 0.717) is 0 Å². The van der Waals surface area contributed by atoms with Crippen molar-refractivity contribution in [2.24, 2.45) is 0 Å². The first-order chi connectivity index (χ1) is 13.9. The van der Waals surface area contributed by atoms with E-state index in [0.717, 1.165) is 30.3 Å². The number of hydrogen-bond donors (Lipinski definition) is 0. The molecule has 1 amide bonds. The zero-order valence-electron chi connectivity index (χ0n) is 14.8. The highest BCUT2D eigenvalue weighted by molar-refractivity contribution is 5.96. The van der Waals surface area contributed by atoms with Crippen LogP contribution in [0.4, 0.5) is 17.6 Å². The van der Waals surface area contributed by atoms with E-state index < -0.39 is 29.2 Å². The lowest BCUT2D eigenvalue weighted by molar-refractivity contribution is 0.0741. The Labute approximate surface area is 162 Å². The second-order valence-electron chi connectivity index (χ2n) is 6.38. The summed E-state index contributed by atoms with van der Waals surface area (Å²) >= 11 is 0. The van der Waals surface area contributed by atoms with E-state index in [1.807, 2.05) is 0 Å². The van der Waals surface area contributed by atoms with Gasteiger partial charge in [-0.2, -0.15) is 4.98 Å². The summed E-state index contributed by atoms with van der Waals surface area (Å²) in [5.41, 5.74) is 0.275. The van der Waals surface area contributed by atoms with Gasteiger partial charge in [0, 0.05) is 36.0 Å². The molecule has 148 valence electrons. The SMILES string of the molecule is O=C1c2cnc(-c3cc(F)cc(F)c3)nc2OCCN1Cc1ccc(F)cc1F. The minimum Gasteiger partial charge on any atom is -0.475 e. The van der Waals surface area contributed by atoms with E-state index in [-0.39, 0.29) is 48.1 Å². The molecule has 2 aromatic carbocycles. The smallest absolute Gasteiger partial charge is 0.261 e. The van der Waals surface area contributed by atoms with E-state index in [4.69, 9.17) is 4.74 Å². The summed E-state index contributed by atoms with van der Waals surface area (Å²) in [6.07, 6.45) is 1.20. The minimum atomic E-state index is -0.789. The number of hydrogen-bond acceptors (Lipinski definition) is 4. The summed E-state index contributed by atoms with van der Waals surface area (Å²) in [6, 6.07) is 5.97. The van der Waals surface area contributed by atoms with Gasteiger partial charge in [-0.05, 0) is 18.2 Å². The number of fused-ring (bicyclic) bond motifs is 1. The average Bonchev–Trinajstić information content (AvgIpc) is 2.82. The number of carbonyl (C=O) groups excluding carboxylic acids is 1. The number of benzene rings is 2. The Morgan fingerprint density at radius 3 is 2.48 bits per heavy atom. The molecule has 0 N–H and O–H groups in total. The lowest BCUT2D eigenvalue weighted by Crippen LogP contribution is -2.32. The lowest BCUT2D eigenvalue weighted by Gasteiger charge is -2.20. The lowest BCUT2D eigenvalue weighted by atomic mass is 10.1. The third kappa shape index (κ3) is 3.89. The second kappa shape index (κ2) is 7.50. The number of aromatic nitrogens is 2. The summed E-state index contributed by atoms with van der Waals surface area (Å²) in [4.78, 5) is 22.3. The Bertz CT molecular complexity index is 1090. The van der Waals surface area contributed by atoms with E-state index in [1.165, 1.54) is 17.2 Å². The van der Waals surface area contributed by atoms with E-state index in [9.17, 15) is 22.4 Å². The van der Waals surface area contributed by atoms with Gasteiger partial charge in [-0.25, -0.2) is 22.5 Å². The van der Waals surface area contributed by atoms with Gasteiger partial charge >= 0.3 is 0 Å². The molecule has 0 aliphatic carbocycles. The number of halogens is 4. The van der Waals surface area contributed by atoms with Crippen molar-refractivity contribution in [1.29, 1.82) is 0 Å². The molecule has 0 bridgehead atoms. The summed E-state index contributed by atoms with van der Waals surface area (Å²) in [7, 11) is 0. The van der Waals surface area contributed by atoms with E-state index in [2.05, 4.69) is 9.97 Å². The van der Waals surface area contributed by atoms with Crippen LogP contribution in [0.5, 0.6) is 5.88 Å². The first-order valence-corrected chi connectivity index (χ1v) is 8.60. The number of nitrogens with zero attached hydrogens (tertiary/aromatic N) is 3. The molecule has 0 spiro atoms. The van der Waals surface area contributed by atoms with Crippen molar-refractivity contribution < 1.29 is 27.1 Å². The fourth-order valence-electron chi connectivity index (χ4n) is 2.98. The van der Waals surface area contributed by atoms with Crippen molar-refractivity contribution in [3.8, 4) is 17.3 Å². The number of rotatable bonds is 3. The highest BCUT2D eigenvalue weighted by atomic mass is 19.1. The second-order valence-corrected chi connectivity index (χ2v) is 6.38. The van der Waals surface area contributed by atoms with Crippen molar-refractivity contribution in [2.75, 3.05) is 13.2 Å². The number of ether oxygens (including phenoxy) is 1. The van der Waals surface area contributed by atoms with E-state index >= 15 is 0 Å². The maximum Gasteiger partial charge on any atom is 0.261 e. The molecule has 0 unspecified atom stereocenters. The van der Waals surface area contributed by atoms with Crippen LogP contribution in [0.1, 0.15) is 15.9 Å². The van der Waals surface area contributed by atoms with E-state index in [1.54, 1.807) is 0 Å². The van der Waals surface area contributed by atoms with Crippen molar-refractivity contribution in [1.82, 2.24) is 14.9 Å². The van der Waals surface area contributed by atoms with Gasteiger partial charge in [-0.1, -0.05) is 6.07 Å². The molecule has 9 heteroatoms. The molecule has 1 aliphatic heterocycles. The molecule has 1 aliphatic rings. The topological polar surface area (TPSA) is 55.3 Å². The van der Waals surface area contributed by atoms with Gasteiger partial charge in [0.05, 0.1) is 6.54 Å². The first-order valence-electron chi connectivity index (χ1n) is 8.60. The summed E-state index contributed by atoms with van der Waals surface area (Å²) in [5.74, 6) is -3.59. The standard InChI is InChI=1S/C20H13F4N3O2/c21-13-2-1-11(17(24)8-13)10-27-3-4-29-19-16(20(27)28)9-25-18(26-19)12-5-14(22)7-15(23)6-12/h1-2,5-9H,3-4,10H2. The van der Waals surface area contributed by atoms with Crippen LogP contribution in [0.15, 0.2) is 42.6 Å². The van der Waals surface area contributed by atoms with Crippen LogP contribution >= 0.6 is 0 Å². The van der Waals surface area contributed by atoms with Crippen LogP contribution in [-0.4, -0.2) is 33.9 Å². The Kier molecular flexibility index (Phi) is 4.87. The van der Waals surface area contributed by atoms with Gasteiger partial charge in [0.15, 0.2) is 5.82 Å². The van der Waals surface area contributed by atoms with Crippen LogP contribution in [0.2, 0.25) is 0 Å². The molecule has 0 radical (unpaired) electrons. The van der Waals surface area contributed by atoms with Gasteiger partial charge in [-0.3, -0.25) is 4.79 Å². The highest BCUT2D eigenvalue weighted by Crippen LogP contribution is 2.26. The van der Waals surface area contributed by atoms with Crippen LogP contribution in [0, 0.1) is 23.3 Å². The van der Waals surface area contributed by atoms with Crippen LogP contribution < -0.4 is 4.74 Å². The molecular formula is C20H13F4N3O2. The first kappa shape index (κ1) is 18.9. The molecule has 29 heavy (non-hydrogen) atoms. The molecular weight excluding hydrogens is 390 g/mol. The Hall–Kier alpha value is -3.49. The molecule has 5 nitrogen and oxygen atoms in total. The zero-order chi connectivity index (χ0) is 20.5. The Balaban J connectivity index is 1.64. The highest BCUT2D eigenvalue weighted by Gasteiger charge is 2.26. The number of amides is 1. The third-order valence-electron chi connectivity index (χ3n) is 4.37. The van der Waals surface area contributed by atoms with Crippen molar-refractivity contribution >= 4 is 5.91 Å². The fourth-order valence-corrected chi connectivity index (χ4v) is 2.98. The molecule has 4 rings (SSSR count). The quantitative estimate of drug-likeness (QED) is 0.626. The van der Waals surface area contributed by atoms with Crippen molar-refractivity contribution in [2.45, 2.75) is 6.54 Å². The molecule has 3 aromatic rings. The fraction of sp³-hybridized carbons (Fsp3) is 0.150. The van der Waals surface area contributed by atoms with Gasteiger partial charge in [0.25, 0.3) is 5.91 Å². The van der Waals surface area contributed by atoms with Gasteiger partial charge in [0.1, 0.15) is 35.4 Å². The van der Waals surface area contributed by atoms with Crippen molar-refractivity contribution in [3.05, 3.63) is 77.0 Å². The molecule has 2 heterocycles. The molecule has 0 atom stereocenters. The summed E-state index contributed by atoms with van der Waals surface area (Å²) in [5, 5.41) is 0. The number of carbonyl (C=O) groups is 1. The van der Waals surface area contributed by atoms with Crippen LogP contribution in [-0.2, 0) is 6.54 Å². The monoisotopic (exact) mass is 403 g/mol. The molecule has 0 saturated carbocycles. The van der Waals surface area contributed by atoms with Crippen molar-refractivity contribution in [3.63, 3.8) is 0 Å². The van der Waals surface area contributed by atoms with Gasteiger partial charge in [0.2, 0.25) is 5.88 Å². The Morgan fingerprint density at radius 1 is 1.00 bits per heavy atom. The normalized spacial score (nSPS) is 13.7. The molecule has 0 fully saturated rings. The summed E-state index contributed by atoms with van der Waals surface area (Å²) < 4.78 is 59.4. The van der Waals surface area contributed by atoms with Gasteiger partial charge in [-0.15, -0.1) is 0 Å². The third-order valence-corrected chi connectivity index (χ3v) is 4.37. The minimum absolute atomic E-state index is 0.00650. The molecule has 1 aromatic heterocycles.